The second-order valence-corrected chi connectivity index (χ2v) is 3.27. The summed E-state index contributed by atoms with van der Waals surface area (Å²) < 4.78 is 2.00. The second-order valence-electron chi connectivity index (χ2n) is 3.27. The van der Waals surface area contributed by atoms with Gasteiger partial charge in [-0.3, -0.25) is 4.68 Å². The molecule has 1 aliphatic rings. The Hall–Kier alpha value is -1.56. The zero-order valence-electron chi connectivity index (χ0n) is 7.35. The van der Waals surface area contributed by atoms with Crippen molar-refractivity contribution in [3.63, 3.8) is 0 Å². The van der Waals surface area contributed by atoms with Crippen molar-refractivity contribution >= 4 is 6.08 Å². The predicted molar refractivity (Wildman–Crippen MR) is 49.8 cm³/mol. The van der Waals surface area contributed by atoms with E-state index in [4.69, 9.17) is 5.26 Å². The first kappa shape index (κ1) is 8.06. The highest BCUT2D eigenvalue weighted by atomic mass is 15.3. The molecule has 0 radical (unpaired) electrons. The standard InChI is InChI=1S/C10H11N3/c11-7-2-3-9-6-8-13(12-9)10-4-1-5-10/h2-3,6,8,10H,1,4-5H2/b3-2+. The van der Waals surface area contributed by atoms with E-state index in [0.717, 1.165) is 5.69 Å². The van der Waals surface area contributed by atoms with E-state index in [1.165, 1.54) is 25.3 Å². The van der Waals surface area contributed by atoms with Crippen molar-refractivity contribution in [1.82, 2.24) is 9.78 Å². The lowest BCUT2D eigenvalue weighted by molar-refractivity contribution is 0.289. The van der Waals surface area contributed by atoms with Gasteiger partial charge in [0.2, 0.25) is 0 Å². The fourth-order valence-electron chi connectivity index (χ4n) is 1.42. The topological polar surface area (TPSA) is 41.6 Å². The van der Waals surface area contributed by atoms with Crippen LogP contribution in [0, 0.1) is 11.3 Å². The average Bonchev–Trinajstić information content (AvgIpc) is 2.46. The minimum absolute atomic E-state index is 0.601. The van der Waals surface area contributed by atoms with Crippen LogP contribution in [-0.2, 0) is 0 Å². The van der Waals surface area contributed by atoms with Gasteiger partial charge in [0.1, 0.15) is 0 Å². The van der Waals surface area contributed by atoms with Gasteiger partial charge in [-0.1, -0.05) is 0 Å². The zero-order valence-corrected chi connectivity index (χ0v) is 7.35. The Labute approximate surface area is 77.3 Å². The van der Waals surface area contributed by atoms with E-state index < -0.39 is 0 Å². The smallest absolute Gasteiger partial charge is 0.0912 e. The van der Waals surface area contributed by atoms with Gasteiger partial charge < -0.3 is 0 Å². The molecule has 0 aliphatic heterocycles. The van der Waals surface area contributed by atoms with Crippen LogP contribution in [-0.4, -0.2) is 9.78 Å². The van der Waals surface area contributed by atoms with Gasteiger partial charge in [-0.25, -0.2) is 0 Å². The lowest BCUT2D eigenvalue weighted by atomic mass is 9.93. The summed E-state index contributed by atoms with van der Waals surface area (Å²) in [6, 6.07) is 4.49. The molecule has 0 atom stereocenters. The number of nitrogens with zero attached hydrogens (tertiary/aromatic N) is 3. The van der Waals surface area contributed by atoms with Crippen molar-refractivity contribution in [2.24, 2.45) is 0 Å². The minimum atomic E-state index is 0.601. The summed E-state index contributed by atoms with van der Waals surface area (Å²) in [7, 11) is 0. The van der Waals surface area contributed by atoms with Crippen molar-refractivity contribution in [3.05, 3.63) is 24.0 Å². The highest BCUT2D eigenvalue weighted by molar-refractivity contribution is 5.46. The van der Waals surface area contributed by atoms with Gasteiger partial charge >= 0.3 is 0 Å². The largest absolute Gasteiger partial charge is 0.269 e. The summed E-state index contributed by atoms with van der Waals surface area (Å²) in [6.07, 6.45) is 8.96. The summed E-state index contributed by atoms with van der Waals surface area (Å²) >= 11 is 0. The van der Waals surface area contributed by atoms with Crippen molar-refractivity contribution in [3.8, 4) is 6.07 Å². The number of aromatic nitrogens is 2. The zero-order chi connectivity index (χ0) is 9.10. The number of hydrogen-bond donors (Lipinski definition) is 0. The summed E-state index contributed by atoms with van der Waals surface area (Å²) in [5.41, 5.74) is 0.869. The molecule has 3 heteroatoms. The summed E-state index contributed by atoms with van der Waals surface area (Å²) in [6.45, 7) is 0. The Morgan fingerprint density at radius 2 is 2.46 bits per heavy atom. The number of nitriles is 1. The Bertz CT molecular complexity index is 352. The van der Waals surface area contributed by atoms with Crippen LogP contribution in [0.15, 0.2) is 18.3 Å². The molecule has 3 nitrogen and oxygen atoms in total. The van der Waals surface area contributed by atoms with Gasteiger partial charge in [0, 0.05) is 12.3 Å². The second kappa shape index (κ2) is 3.44. The third-order valence-corrected chi connectivity index (χ3v) is 2.41. The molecule has 13 heavy (non-hydrogen) atoms. The molecule has 1 aliphatic carbocycles. The Balaban J connectivity index is 2.09. The van der Waals surface area contributed by atoms with Gasteiger partial charge in [-0.05, 0) is 31.4 Å². The van der Waals surface area contributed by atoms with Crippen LogP contribution in [0.5, 0.6) is 0 Å². The molecule has 1 aromatic heterocycles. The van der Waals surface area contributed by atoms with Crippen LogP contribution in [0.3, 0.4) is 0 Å². The Morgan fingerprint density at radius 3 is 3.08 bits per heavy atom. The molecule has 0 amide bonds. The first-order valence-electron chi connectivity index (χ1n) is 4.51. The minimum Gasteiger partial charge on any atom is -0.269 e. The summed E-state index contributed by atoms with van der Waals surface area (Å²) in [5.74, 6) is 0. The van der Waals surface area contributed by atoms with Crippen molar-refractivity contribution < 1.29 is 0 Å². The molecule has 0 saturated heterocycles. The van der Waals surface area contributed by atoms with Crippen molar-refractivity contribution in [2.45, 2.75) is 25.3 Å². The van der Waals surface area contributed by atoms with Gasteiger partial charge in [0.25, 0.3) is 0 Å². The Morgan fingerprint density at radius 1 is 1.62 bits per heavy atom. The monoisotopic (exact) mass is 173 g/mol. The highest BCUT2D eigenvalue weighted by Gasteiger charge is 2.19. The third-order valence-electron chi connectivity index (χ3n) is 2.41. The first-order chi connectivity index (χ1) is 6.40. The molecule has 66 valence electrons. The molecule has 0 unspecified atom stereocenters. The molecule has 0 aromatic carbocycles. The molecule has 0 bridgehead atoms. The van der Waals surface area contributed by atoms with Gasteiger partial charge in [-0.15, -0.1) is 0 Å². The number of rotatable bonds is 2. The summed E-state index contributed by atoms with van der Waals surface area (Å²) in [5, 5.41) is 12.7. The van der Waals surface area contributed by atoms with Crippen LogP contribution < -0.4 is 0 Å². The fourth-order valence-corrected chi connectivity index (χ4v) is 1.42. The SMILES string of the molecule is N#C/C=C/c1ccn(C2CCC2)n1. The van der Waals surface area contributed by atoms with Crippen LogP contribution in [0.1, 0.15) is 31.0 Å². The maximum Gasteiger partial charge on any atom is 0.0912 e. The number of hydrogen-bond acceptors (Lipinski definition) is 2. The lowest BCUT2D eigenvalue weighted by Gasteiger charge is -2.25. The number of allylic oxidation sites excluding steroid dienone is 1. The highest BCUT2D eigenvalue weighted by Crippen LogP contribution is 2.30. The molecule has 1 saturated carbocycles. The van der Waals surface area contributed by atoms with Crippen LogP contribution in [0.2, 0.25) is 0 Å². The summed E-state index contributed by atoms with van der Waals surface area (Å²) in [4.78, 5) is 0. The van der Waals surface area contributed by atoms with E-state index in [1.54, 1.807) is 6.08 Å². The predicted octanol–water partition coefficient (Wildman–Crippen LogP) is 2.14. The fraction of sp³-hybridized carbons (Fsp3) is 0.400. The van der Waals surface area contributed by atoms with Crippen LogP contribution >= 0.6 is 0 Å². The molecular weight excluding hydrogens is 162 g/mol. The molecule has 1 heterocycles. The van der Waals surface area contributed by atoms with Gasteiger partial charge in [-0.2, -0.15) is 10.4 Å². The molecule has 0 N–H and O–H groups in total. The molecular formula is C10H11N3. The van der Waals surface area contributed by atoms with E-state index >= 15 is 0 Å². The van der Waals surface area contributed by atoms with E-state index in [-0.39, 0.29) is 0 Å². The maximum atomic E-state index is 8.33. The molecule has 1 aromatic rings. The van der Waals surface area contributed by atoms with Gasteiger partial charge in [0.05, 0.1) is 17.8 Å². The normalized spacial score (nSPS) is 17.2. The van der Waals surface area contributed by atoms with Crippen molar-refractivity contribution in [1.29, 1.82) is 5.26 Å². The lowest BCUT2D eigenvalue weighted by Crippen LogP contribution is -2.17. The van der Waals surface area contributed by atoms with E-state index in [9.17, 15) is 0 Å². The molecule has 1 fully saturated rings. The van der Waals surface area contributed by atoms with E-state index in [2.05, 4.69) is 5.10 Å². The van der Waals surface area contributed by atoms with E-state index in [1.807, 2.05) is 23.0 Å². The van der Waals surface area contributed by atoms with Crippen molar-refractivity contribution in [2.75, 3.05) is 0 Å². The van der Waals surface area contributed by atoms with Crippen LogP contribution in [0.4, 0.5) is 0 Å². The average molecular weight is 173 g/mol. The maximum absolute atomic E-state index is 8.33. The van der Waals surface area contributed by atoms with E-state index in [0.29, 0.717) is 6.04 Å². The first-order valence-corrected chi connectivity index (χ1v) is 4.51. The molecule has 2 rings (SSSR count). The van der Waals surface area contributed by atoms with Crippen LogP contribution in [0.25, 0.3) is 6.08 Å². The third kappa shape index (κ3) is 1.62. The Kier molecular flexibility index (Phi) is 2.13. The van der Waals surface area contributed by atoms with Gasteiger partial charge in [0.15, 0.2) is 0 Å². The molecule has 0 spiro atoms. The quantitative estimate of drug-likeness (QED) is 0.643.